The van der Waals surface area contributed by atoms with Crippen molar-refractivity contribution in [3.63, 3.8) is 0 Å². The average molecular weight is 320 g/mol. The number of likely N-dealkylation sites (tertiary alicyclic amines) is 1. The van der Waals surface area contributed by atoms with Crippen LogP contribution in [0.5, 0.6) is 5.75 Å². The Morgan fingerprint density at radius 3 is 2.57 bits per heavy atom. The van der Waals surface area contributed by atoms with E-state index in [4.69, 9.17) is 4.74 Å². The summed E-state index contributed by atoms with van der Waals surface area (Å²) in [4.78, 5) is 25.6. The number of nitrogens with one attached hydrogen (secondary N) is 1. The maximum atomic E-state index is 12.4. The second-order valence-electron chi connectivity index (χ2n) is 5.76. The Hall–Kier alpha value is -2.08. The predicted molar refractivity (Wildman–Crippen MR) is 87.6 cm³/mol. The lowest BCUT2D eigenvalue weighted by molar-refractivity contribution is -0.144. The minimum Gasteiger partial charge on any atom is -0.495 e. The lowest BCUT2D eigenvalue weighted by Gasteiger charge is -2.34. The topological polar surface area (TPSA) is 78.9 Å². The molecule has 0 saturated carbocycles. The zero-order valence-electron chi connectivity index (χ0n) is 13.6. The number of carbonyl (C=O) groups excluding carboxylic acids is 1. The number of methoxy groups -OCH3 is 1. The molecule has 126 valence electrons. The van der Waals surface area contributed by atoms with Crippen LogP contribution >= 0.6 is 0 Å². The minimum atomic E-state index is -0.788. The van der Waals surface area contributed by atoms with Gasteiger partial charge in [0.25, 0.3) is 0 Å². The van der Waals surface area contributed by atoms with Crippen molar-refractivity contribution in [1.29, 1.82) is 0 Å². The number of amides is 1. The third-order valence-electron chi connectivity index (χ3n) is 4.38. The fraction of sp³-hybridized carbons (Fsp3) is 0.529. The number of hydrogen-bond donors (Lipinski definition) is 2. The third-order valence-corrected chi connectivity index (χ3v) is 4.38. The third kappa shape index (κ3) is 4.22. The predicted octanol–water partition coefficient (Wildman–Crippen LogP) is 2.21. The highest BCUT2D eigenvalue weighted by Gasteiger charge is 2.31. The highest BCUT2D eigenvalue weighted by Crippen LogP contribution is 2.26. The maximum absolute atomic E-state index is 12.4. The van der Waals surface area contributed by atoms with Crippen molar-refractivity contribution in [3.05, 3.63) is 24.3 Å². The SMILES string of the molecule is CCC(C(=O)O)N1CCC(C(=O)Nc2ccccc2OC)CC1. The van der Waals surface area contributed by atoms with E-state index in [9.17, 15) is 14.7 Å². The lowest BCUT2D eigenvalue weighted by atomic mass is 9.94. The standard InChI is InChI=1S/C17H24N2O4/c1-3-14(17(21)22)19-10-8-12(9-11-19)16(20)18-13-6-4-5-7-15(13)23-2/h4-7,12,14H,3,8-11H2,1-2H3,(H,18,20)(H,21,22). The molecule has 0 aliphatic carbocycles. The van der Waals surface area contributed by atoms with Crippen LogP contribution < -0.4 is 10.1 Å². The molecule has 0 aromatic heterocycles. The van der Waals surface area contributed by atoms with E-state index in [0.717, 1.165) is 0 Å². The number of carboxylic acids is 1. The molecule has 2 rings (SSSR count). The van der Waals surface area contributed by atoms with Gasteiger partial charge < -0.3 is 15.2 Å². The van der Waals surface area contributed by atoms with E-state index in [2.05, 4.69) is 5.32 Å². The first-order valence-corrected chi connectivity index (χ1v) is 7.97. The normalized spacial score (nSPS) is 17.5. The van der Waals surface area contributed by atoms with Gasteiger partial charge in [0.15, 0.2) is 0 Å². The Morgan fingerprint density at radius 1 is 1.35 bits per heavy atom. The molecular formula is C17H24N2O4. The Labute approximate surface area is 136 Å². The quantitative estimate of drug-likeness (QED) is 0.840. The molecule has 23 heavy (non-hydrogen) atoms. The van der Waals surface area contributed by atoms with Crippen LogP contribution in [0.25, 0.3) is 0 Å². The fourth-order valence-electron chi connectivity index (χ4n) is 3.05. The van der Waals surface area contributed by atoms with Crippen LogP contribution in [-0.2, 0) is 9.59 Å². The molecule has 1 fully saturated rings. The van der Waals surface area contributed by atoms with Gasteiger partial charge in [-0.25, -0.2) is 0 Å². The molecule has 1 unspecified atom stereocenters. The molecule has 2 N–H and O–H groups in total. The van der Waals surface area contributed by atoms with E-state index in [1.165, 1.54) is 0 Å². The molecule has 0 radical (unpaired) electrons. The largest absolute Gasteiger partial charge is 0.495 e. The van der Waals surface area contributed by atoms with E-state index in [1.807, 2.05) is 30.0 Å². The van der Waals surface area contributed by atoms with Gasteiger partial charge in [0.2, 0.25) is 5.91 Å². The zero-order valence-corrected chi connectivity index (χ0v) is 13.6. The average Bonchev–Trinajstić information content (AvgIpc) is 2.56. The van der Waals surface area contributed by atoms with Crippen molar-refractivity contribution in [1.82, 2.24) is 4.90 Å². The van der Waals surface area contributed by atoms with Crippen LogP contribution in [0, 0.1) is 5.92 Å². The molecule has 0 bridgehead atoms. The van der Waals surface area contributed by atoms with Gasteiger partial charge >= 0.3 is 5.97 Å². The number of benzene rings is 1. The van der Waals surface area contributed by atoms with E-state index < -0.39 is 12.0 Å². The summed E-state index contributed by atoms with van der Waals surface area (Å²) < 4.78 is 5.23. The highest BCUT2D eigenvalue weighted by molar-refractivity contribution is 5.94. The second kappa shape index (κ2) is 7.97. The summed E-state index contributed by atoms with van der Waals surface area (Å²) in [6.07, 6.45) is 1.92. The summed E-state index contributed by atoms with van der Waals surface area (Å²) in [5, 5.41) is 12.1. The molecular weight excluding hydrogens is 296 g/mol. The van der Waals surface area contributed by atoms with Gasteiger partial charge in [0, 0.05) is 5.92 Å². The van der Waals surface area contributed by atoms with E-state index in [-0.39, 0.29) is 11.8 Å². The first-order valence-electron chi connectivity index (χ1n) is 7.97. The Kier molecular flexibility index (Phi) is 5.98. The number of ether oxygens (including phenoxy) is 1. The number of hydrogen-bond acceptors (Lipinski definition) is 4. The fourth-order valence-corrected chi connectivity index (χ4v) is 3.05. The highest BCUT2D eigenvalue weighted by atomic mass is 16.5. The van der Waals surface area contributed by atoms with Gasteiger partial charge in [-0.3, -0.25) is 14.5 Å². The Morgan fingerprint density at radius 2 is 2.00 bits per heavy atom. The van der Waals surface area contributed by atoms with Gasteiger partial charge in [0.1, 0.15) is 11.8 Å². The van der Waals surface area contributed by atoms with Crippen LogP contribution in [-0.4, -0.2) is 48.1 Å². The summed E-state index contributed by atoms with van der Waals surface area (Å²) in [5.74, 6) is -0.278. The van der Waals surface area contributed by atoms with Crippen LogP contribution in [0.1, 0.15) is 26.2 Å². The lowest BCUT2D eigenvalue weighted by Crippen LogP contribution is -2.46. The summed E-state index contributed by atoms with van der Waals surface area (Å²) in [6.45, 7) is 3.14. The number of para-hydroxylation sites is 2. The molecule has 6 nitrogen and oxygen atoms in total. The maximum Gasteiger partial charge on any atom is 0.320 e. The number of carbonyl (C=O) groups is 2. The number of aliphatic carboxylic acids is 1. The minimum absolute atomic E-state index is 0.0301. The van der Waals surface area contributed by atoms with E-state index in [0.29, 0.717) is 43.8 Å². The zero-order chi connectivity index (χ0) is 16.8. The number of nitrogens with zero attached hydrogens (tertiary/aromatic N) is 1. The van der Waals surface area contributed by atoms with E-state index in [1.54, 1.807) is 13.2 Å². The molecule has 1 aromatic rings. The number of anilines is 1. The van der Waals surface area contributed by atoms with Gasteiger partial charge in [-0.05, 0) is 44.5 Å². The van der Waals surface area contributed by atoms with Gasteiger partial charge in [-0.1, -0.05) is 19.1 Å². The van der Waals surface area contributed by atoms with Crippen molar-refractivity contribution >= 4 is 17.6 Å². The molecule has 1 amide bonds. The van der Waals surface area contributed by atoms with Crippen molar-refractivity contribution in [2.24, 2.45) is 5.92 Å². The van der Waals surface area contributed by atoms with Crippen LogP contribution in [0.15, 0.2) is 24.3 Å². The number of piperidine rings is 1. The molecule has 1 aliphatic rings. The summed E-state index contributed by atoms with van der Waals surface area (Å²) in [5.41, 5.74) is 0.666. The van der Waals surface area contributed by atoms with Crippen molar-refractivity contribution in [2.75, 3.05) is 25.5 Å². The molecule has 1 aliphatic heterocycles. The summed E-state index contributed by atoms with van der Waals surface area (Å²) in [7, 11) is 1.57. The van der Waals surface area contributed by atoms with Crippen LogP contribution in [0.3, 0.4) is 0 Å². The monoisotopic (exact) mass is 320 g/mol. The molecule has 1 aromatic carbocycles. The van der Waals surface area contributed by atoms with E-state index >= 15 is 0 Å². The Balaban J connectivity index is 1.92. The summed E-state index contributed by atoms with van der Waals surface area (Å²) in [6, 6.07) is 6.86. The smallest absolute Gasteiger partial charge is 0.320 e. The molecule has 6 heteroatoms. The molecule has 0 spiro atoms. The van der Waals surface area contributed by atoms with Gasteiger partial charge in [-0.2, -0.15) is 0 Å². The second-order valence-corrected chi connectivity index (χ2v) is 5.76. The van der Waals surface area contributed by atoms with Crippen molar-refractivity contribution in [2.45, 2.75) is 32.2 Å². The number of rotatable bonds is 6. The van der Waals surface area contributed by atoms with Crippen LogP contribution in [0.2, 0.25) is 0 Å². The van der Waals surface area contributed by atoms with Crippen molar-refractivity contribution < 1.29 is 19.4 Å². The number of carboxylic acid groups (broad SMARTS) is 1. The first-order chi connectivity index (χ1) is 11.1. The van der Waals surface area contributed by atoms with Crippen molar-refractivity contribution in [3.8, 4) is 5.75 Å². The molecule has 1 atom stereocenters. The summed E-state index contributed by atoms with van der Waals surface area (Å²) >= 11 is 0. The molecule has 1 saturated heterocycles. The van der Waals surface area contributed by atoms with Gasteiger partial charge in [0.05, 0.1) is 12.8 Å². The van der Waals surface area contributed by atoms with Gasteiger partial charge in [-0.15, -0.1) is 0 Å². The Bertz CT molecular complexity index is 553. The molecule has 1 heterocycles. The van der Waals surface area contributed by atoms with Crippen LogP contribution in [0.4, 0.5) is 5.69 Å². The first kappa shape index (κ1) is 17.3.